The van der Waals surface area contributed by atoms with Gasteiger partial charge in [-0.1, -0.05) is 6.07 Å². The van der Waals surface area contributed by atoms with Gasteiger partial charge in [-0.2, -0.15) is 5.26 Å². The zero-order chi connectivity index (χ0) is 12.5. The Kier molecular flexibility index (Phi) is 2.49. The molecule has 0 saturated heterocycles. The molecule has 0 unspecified atom stereocenters. The fraction of sp³-hybridized carbons (Fsp3) is 0.308. The Balaban J connectivity index is 1.98. The van der Waals surface area contributed by atoms with Gasteiger partial charge in [0.1, 0.15) is 12.4 Å². The Bertz CT molecular complexity index is 623. The number of nitriles is 1. The van der Waals surface area contributed by atoms with Gasteiger partial charge in [0.05, 0.1) is 17.8 Å². The lowest BCUT2D eigenvalue weighted by molar-refractivity contribution is 0.560. The Morgan fingerprint density at radius 2 is 2.22 bits per heavy atom. The van der Waals surface area contributed by atoms with Crippen LogP contribution in [0.1, 0.15) is 17.0 Å². The zero-order valence-electron chi connectivity index (χ0n) is 10.2. The van der Waals surface area contributed by atoms with Crippen molar-refractivity contribution in [3.63, 3.8) is 0 Å². The van der Waals surface area contributed by atoms with E-state index < -0.39 is 0 Å². The van der Waals surface area contributed by atoms with Crippen molar-refractivity contribution in [2.75, 3.05) is 11.4 Å². The fourth-order valence-corrected chi connectivity index (χ4v) is 2.27. The summed E-state index contributed by atoms with van der Waals surface area (Å²) in [6.45, 7) is 4.49. The first-order chi connectivity index (χ1) is 8.78. The maximum atomic E-state index is 9.19. The summed E-state index contributed by atoms with van der Waals surface area (Å²) in [5.74, 6) is 0.951. The van der Waals surface area contributed by atoms with E-state index in [1.165, 1.54) is 0 Å². The van der Waals surface area contributed by atoms with E-state index in [2.05, 4.69) is 31.8 Å². The van der Waals surface area contributed by atoms with Crippen LogP contribution in [0.15, 0.2) is 24.5 Å². The highest BCUT2D eigenvalue weighted by Gasteiger charge is 2.19. The second-order valence-electron chi connectivity index (χ2n) is 4.49. The van der Waals surface area contributed by atoms with Gasteiger partial charge in [-0.25, -0.2) is 0 Å². The molecule has 0 N–H and O–H groups in total. The van der Waals surface area contributed by atoms with Crippen molar-refractivity contribution in [1.29, 1.82) is 5.26 Å². The molecule has 0 saturated carbocycles. The number of aromatic nitrogens is 3. The summed E-state index contributed by atoms with van der Waals surface area (Å²) in [7, 11) is 0. The van der Waals surface area contributed by atoms with Crippen molar-refractivity contribution in [3.8, 4) is 6.07 Å². The normalized spacial score (nSPS) is 14.1. The van der Waals surface area contributed by atoms with Crippen LogP contribution in [0.2, 0.25) is 0 Å². The smallest absolute Gasteiger partial charge is 0.152 e. The average Bonchev–Trinajstić information content (AvgIpc) is 2.85. The first kappa shape index (κ1) is 10.8. The highest BCUT2D eigenvalue weighted by molar-refractivity contribution is 5.60. The van der Waals surface area contributed by atoms with Crippen molar-refractivity contribution in [1.82, 2.24) is 14.8 Å². The van der Waals surface area contributed by atoms with E-state index in [4.69, 9.17) is 0 Å². The molecule has 3 rings (SSSR count). The summed E-state index contributed by atoms with van der Waals surface area (Å²) in [6.07, 6.45) is 1.76. The molecule has 18 heavy (non-hydrogen) atoms. The predicted molar refractivity (Wildman–Crippen MR) is 67.0 cm³/mol. The summed E-state index contributed by atoms with van der Waals surface area (Å²) in [5, 5.41) is 17.2. The summed E-state index contributed by atoms with van der Waals surface area (Å²) < 4.78 is 2.05. The van der Waals surface area contributed by atoms with Gasteiger partial charge in [0.25, 0.3) is 0 Å². The summed E-state index contributed by atoms with van der Waals surface area (Å²) in [6, 6.07) is 8.16. The first-order valence-electron chi connectivity index (χ1n) is 5.90. The molecular weight excluding hydrogens is 226 g/mol. The van der Waals surface area contributed by atoms with E-state index in [0.29, 0.717) is 12.1 Å². The van der Waals surface area contributed by atoms with Crippen molar-refractivity contribution < 1.29 is 0 Å². The number of fused-ring (bicyclic) bond motifs is 1. The van der Waals surface area contributed by atoms with Crippen LogP contribution < -0.4 is 4.90 Å². The Morgan fingerprint density at radius 1 is 1.33 bits per heavy atom. The lowest BCUT2D eigenvalue weighted by atomic mass is 10.1. The summed E-state index contributed by atoms with van der Waals surface area (Å²) >= 11 is 0. The molecule has 1 aliphatic rings. The largest absolute Gasteiger partial charge is 0.361 e. The molecule has 0 atom stereocenters. The topological polar surface area (TPSA) is 57.7 Å². The molecule has 0 bridgehead atoms. The summed E-state index contributed by atoms with van der Waals surface area (Å²) in [5.41, 5.74) is 2.87. The number of anilines is 1. The van der Waals surface area contributed by atoms with Gasteiger partial charge in [-0.15, -0.1) is 10.2 Å². The third-order valence-electron chi connectivity index (χ3n) is 3.25. The van der Waals surface area contributed by atoms with E-state index in [1.807, 2.05) is 19.1 Å². The van der Waals surface area contributed by atoms with Gasteiger partial charge in [0.2, 0.25) is 0 Å². The lowest BCUT2D eigenvalue weighted by Gasteiger charge is -2.29. The van der Waals surface area contributed by atoms with Gasteiger partial charge in [0, 0.05) is 13.1 Å². The average molecular weight is 239 g/mol. The lowest BCUT2D eigenvalue weighted by Crippen LogP contribution is -2.34. The molecule has 0 radical (unpaired) electrons. The van der Waals surface area contributed by atoms with E-state index in [-0.39, 0.29) is 0 Å². The van der Waals surface area contributed by atoms with Gasteiger partial charge >= 0.3 is 0 Å². The molecule has 1 aromatic heterocycles. The van der Waals surface area contributed by atoms with Crippen LogP contribution >= 0.6 is 0 Å². The SMILES string of the molecule is Cc1ccc(C#N)c(N2CCn3cnnc3C2)c1. The second kappa shape index (κ2) is 4.15. The van der Waals surface area contributed by atoms with E-state index in [1.54, 1.807) is 6.33 Å². The molecular formula is C13H13N5. The maximum Gasteiger partial charge on any atom is 0.152 e. The Morgan fingerprint density at radius 3 is 3.06 bits per heavy atom. The standard InChI is InChI=1S/C13H13N5/c1-10-2-3-11(7-14)12(6-10)17-4-5-18-9-15-16-13(18)8-17/h2-3,6,9H,4-5,8H2,1H3. The van der Waals surface area contributed by atoms with E-state index in [0.717, 1.165) is 30.2 Å². The Hall–Kier alpha value is -2.35. The molecule has 2 heterocycles. The predicted octanol–water partition coefficient (Wildman–Crippen LogP) is 1.48. The number of hydrogen-bond donors (Lipinski definition) is 0. The van der Waals surface area contributed by atoms with Crippen molar-refractivity contribution >= 4 is 5.69 Å². The third kappa shape index (κ3) is 1.72. The van der Waals surface area contributed by atoms with Crippen LogP contribution in [0.4, 0.5) is 5.69 Å². The highest BCUT2D eigenvalue weighted by atomic mass is 15.3. The first-order valence-corrected chi connectivity index (χ1v) is 5.90. The van der Waals surface area contributed by atoms with Gasteiger partial charge in [-0.3, -0.25) is 0 Å². The fourth-order valence-electron chi connectivity index (χ4n) is 2.27. The molecule has 0 amide bonds. The van der Waals surface area contributed by atoms with Crippen LogP contribution in [0, 0.1) is 18.3 Å². The van der Waals surface area contributed by atoms with E-state index >= 15 is 0 Å². The minimum absolute atomic E-state index is 0.706. The molecule has 2 aromatic rings. The molecule has 1 aromatic carbocycles. The number of benzene rings is 1. The number of rotatable bonds is 1. The quantitative estimate of drug-likeness (QED) is 0.756. The molecule has 90 valence electrons. The molecule has 1 aliphatic heterocycles. The molecule has 5 nitrogen and oxygen atoms in total. The third-order valence-corrected chi connectivity index (χ3v) is 3.25. The van der Waals surface area contributed by atoms with Gasteiger partial charge < -0.3 is 9.47 Å². The highest BCUT2D eigenvalue weighted by Crippen LogP contribution is 2.25. The number of aryl methyl sites for hydroxylation is 1. The van der Waals surface area contributed by atoms with Gasteiger partial charge in [0.15, 0.2) is 5.82 Å². The zero-order valence-corrected chi connectivity index (χ0v) is 10.2. The van der Waals surface area contributed by atoms with Crippen LogP contribution in [0.25, 0.3) is 0 Å². The summed E-state index contributed by atoms with van der Waals surface area (Å²) in [4.78, 5) is 2.19. The van der Waals surface area contributed by atoms with Crippen molar-refractivity contribution in [2.45, 2.75) is 20.0 Å². The maximum absolute atomic E-state index is 9.19. The second-order valence-corrected chi connectivity index (χ2v) is 4.49. The Labute approximate surface area is 105 Å². The molecule has 0 fully saturated rings. The van der Waals surface area contributed by atoms with Crippen LogP contribution in [0.5, 0.6) is 0 Å². The van der Waals surface area contributed by atoms with Crippen molar-refractivity contribution in [3.05, 3.63) is 41.5 Å². The van der Waals surface area contributed by atoms with Crippen LogP contribution in [0.3, 0.4) is 0 Å². The number of hydrogen-bond acceptors (Lipinski definition) is 4. The van der Waals surface area contributed by atoms with Crippen molar-refractivity contribution in [2.24, 2.45) is 0 Å². The minimum atomic E-state index is 0.706. The minimum Gasteiger partial charge on any atom is -0.361 e. The van der Waals surface area contributed by atoms with Crippen LogP contribution in [-0.2, 0) is 13.1 Å². The molecule has 0 aliphatic carbocycles. The van der Waals surface area contributed by atoms with E-state index in [9.17, 15) is 5.26 Å². The monoisotopic (exact) mass is 239 g/mol. The van der Waals surface area contributed by atoms with Crippen LogP contribution in [-0.4, -0.2) is 21.3 Å². The van der Waals surface area contributed by atoms with Gasteiger partial charge in [-0.05, 0) is 24.6 Å². The number of nitrogens with zero attached hydrogens (tertiary/aromatic N) is 5. The molecule has 5 heteroatoms. The molecule has 0 spiro atoms.